The number of rotatable bonds is 3. The number of H-pyrrole nitrogens is 1. The largest absolute Gasteiger partial charge is 0.506 e. The normalized spacial score (nSPS) is 12.6. The first kappa shape index (κ1) is 18.9. The maximum absolute atomic E-state index is 11.2. The van der Waals surface area contributed by atoms with Crippen LogP contribution in [0.15, 0.2) is 16.9 Å². The van der Waals surface area contributed by atoms with Crippen molar-refractivity contribution in [3.63, 3.8) is 0 Å². The summed E-state index contributed by atoms with van der Waals surface area (Å²) in [5.41, 5.74) is 1.04. The van der Waals surface area contributed by atoms with Crippen LogP contribution in [0.4, 0.5) is 13.2 Å². The number of aliphatic hydroxyl groups is 1. The minimum atomic E-state index is -5.08. The molecule has 0 saturated carbocycles. The third-order valence-corrected chi connectivity index (χ3v) is 3.52. The summed E-state index contributed by atoms with van der Waals surface area (Å²) in [5, 5.41) is 29.4. The van der Waals surface area contributed by atoms with Gasteiger partial charge in [-0.2, -0.15) is 13.2 Å². The van der Waals surface area contributed by atoms with Gasteiger partial charge in [0.15, 0.2) is 0 Å². The van der Waals surface area contributed by atoms with Crippen LogP contribution in [-0.4, -0.2) is 46.0 Å². The van der Waals surface area contributed by atoms with E-state index in [0.717, 1.165) is 11.3 Å². The summed E-state index contributed by atoms with van der Waals surface area (Å²) in [6.45, 7) is 0.395. The lowest BCUT2D eigenvalue weighted by Crippen LogP contribution is -2.21. The first-order valence-electron chi connectivity index (χ1n) is 6.05. The van der Waals surface area contributed by atoms with Crippen molar-refractivity contribution in [1.29, 1.82) is 0 Å². The molecule has 2 aromatic rings. The molecule has 0 saturated heterocycles. The highest BCUT2D eigenvalue weighted by molar-refractivity contribution is 7.16. The molecular weight excluding hydrogens is 341 g/mol. The fraction of sp³-hybridized carbons (Fsp3) is 0.333. The van der Waals surface area contributed by atoms with E-state index in [1.165, 1.54) is 6.07 Å². The van der Waals surface area contributed by atoms with Crippen LogP contribution in [0.25, 0.3) is 10.2 Å². The number of nitrogens with one attached hydrogen (secondary N) is 2. The zero-order valence-corrected chi connectivity index (χ0v) is 12.5. The number of carbonyl (C=O) groups is 1. The number of phenolic OH excluding ortho intramolecular Hbond substituents is 1. The monoisotopic (exact) mass is 354 g/mol. The third-order valence-electron chi connectivity index (χ3n) is 2.59. The molecule has 0 aliphatic carbocycles. The van der Waals surface area contributed by atoms with E-state index in [9.17, 15) is 28.2 Å². The number of likely N-dealkylation sites (N-methyl/N-ethyl adjacent to an activating group) is 1. The van der Waals surface area contributed by atoms with Crippen LogP contribution in [0.3, 0.4) is 0 Å². The molecular formula is C12H13F3N2O5S. The number of aliphatic hydroxyl groups excluding tert-OH is 1. The lowest BCUT2D eigenvalue weighted by Gasteiger charge is -2.11. The molecule has 1 unspecified atom stereocenters. The van der Waals surface area contributed by atoms with Crippen molar-refractivity contribution in [3.05, 3.63) is 27.4 Å². The van der Waals surface area contributed by atoms with Crippen molar-refractivity contribution >= 4 is 27.5 Å². The number of halogens is 3. The second-order valence-electron chi connectivity index (χ2n) is 4.27. The van der Waals surface area contributed by atoms with E-state index in [2.05, 4.69) is 10.3 Å². The van der Waals surface area contributed by atoms with Crippen molar-refractivity contribution in [2.75, 3.05) is 13.6 Å². The molecule has 23 heavy (non-hydrogen) atoms. The maximum Gasteiger partial charge on any atom is 0.490 e. The Morgan fingerprint density at radius 3 is 2.48 bits per heavy atom. The van der Waals surface area contributed by atoms with Gasteiger partial charge in [-0.05, 0) is 13.1 Å². The Bertz CT molecular complexity index is 740. The van der Waals surface area contributed by atoms with Crippen LogP contribution in [0, 0.1) is 0 Å². The van der Waals surface area contributed by atoms with Gasteiger partial charge in [0.2, 0.25) is 0 Å². The Labute approximate surface area is 131 Å². The number of carboxylic acid groups (broad SMARTS) is 1. The highest BCUT2D eigenvalue weighted by Crippen LogP contribution is 2.30. The van der Waals surface area contributed by atoms with Gasteiger partial charge in [0.05, 0.1) is 10.8 Å². The van der Waals surface area contributed by atoms with E-state index in [4.69, 9.17) is 9.90 Å². The Kier molecular flexibility index (Phi) is 6.12. The third kappa shape index (κ3) is 4.94. The number of fused-ring (bicyclic) bond motifs is 1. The number of phenols is 1. The Hall–Kier alpha value is -2.11. The van der Waals surface area contributed by atoms with E-state index in [0.29, 0.717) is 22.3 Å². The van der Waals surface area contributed by atoms with Gasteiger partial charge >= 0.3 is 17.0 Å². The number of benzene rings is 1. The summed E-state index contributed by atoms with van der Waals surface area (Å²) in [6, 6.07) is 3.10. The van der Waals surface area contributed by atoms with Crippen LogP contribution in [-0.2, 0) is 4.79 Å². The number of aliphatic carboxylic acids is 1. The second kappa shape index (κ2) is 7.44. The molecule has 0 aliphatic rings. The Morgan fingerprint density at radius 1 is 1.43 bits per heavy atom. The first-order valence-corrected chi connectivity index (χ1v) is 6.87. The van der Waals surface area contributed by atoms with Gasteiger partial charge in [-0.25, -0.2) is 4.79 Å². The quantitative estimate of drug-likeness (QED) is 0.564. The topological polar surface area (TPSA) is 123 Å². The fourth-order valence-electron chi connectivity index (χ4n) is 1.61. The predicted octanol–water partition coefficient (Wildman–Crippen LogP) is 1.18. The summed E-state index contributed by atoms with van der Waals surface area (Å²) >= 11 is 0.988. The average molecular weight is 354 g/mol. The number of aromatic hydroxyl groups is 1. The van der Waals surface area contributed by atoms with E-state index < -0.39 is 18.2 Å². The zero-order valence-electron chi connectivity index (χ0n) is 11.6. The number of carboxylic acids is 1. The summed E-state index contributed by atoms with van der Waals surface area (Å²) in [5.74, 6) is -2.73. The minimum Gasteiger partial charge on any atom is -0.506 e. The number of aromatic amines is 1. The van der Waals surface area contributed by atoms with Gasteiger partial charge in [0.1, 0.15) is 11.3 Å². The van der Waals surface area contributed by atoms with Crippen molar-refractivity contribution in [2.45, 2.75) is 12.3 Å². The Morgan fingerprint density at radius 2 is 2.00 bits per heavy atom. The number of thiazole rings is 1. The van der Waals surface area contributed by atoms with E-state index in [1.807, 2.05) is 0 Å². The van der Waals surface area contributed by atoms with Gasteiger partial charge in [0, 0.05) is 12.1 Å². The molecule has 1 heterocycles. The van der Waals surface area contributed by atoms with Gasteiger partial charge in [-0.1, -0.05) is 17.4 Å². The molecule has 7 nitrogen and oxygen atoms in total. The van der Waals surface area contributed by atoms with E-state index >= 15 is 0 Å². The predicted molar refractivity (Wildman–Crippen MR) is 76.7 cm³/mol. The van der Waals surface area contributed by atoms with Gasteiger partial charge in [-0.15, -0.1) is 0 Å². The van der Waals surface area contributed by atoms with Crippen LogP contribution in [0.5, 0.6) is 5.75 Å². The molecule has 1 aromatic heterocycles. The number of hydrogen-bond acceptors (Lipinski definition) is 6. The molecule has 128 valence electrons. The lowest BCUT2D eigenvalue weighted by molar-refractivity contribution is -0.192. The molecule has 11 heteroatoms. The molecule has 1 aromatic carbocycles. The van der Waals surface area contributed by atoms with Crippen molar-refractivity contribution in [2.24, 2.45) is 0 Å². The van der Waals surface area contributed by atoms with Crippen LogP contribution in [0.2, 0.25) is 0 Å². The van der Waals surface area contributed by atoms with Gasteiger partial charge < -0.3 is 25.6 Å². The van der Waals surface area contributed by atoms with Crippen LogP contribution >= 0.6 is 11.3 Å². The molecule has 0 fully saturated rings. The molecule has 0 radical (unpaired) electrons. The lowest BCUT2D eigenvalue weighted by atomic mass is 10.1. The smallest absolute Gasteiger partial charge is 0.490 e. The van der Waals surface area contributed by atoms with E-state index in [1.54, 1.807) is 13.1 Å². The van der Waals surface area contributed by atoms with Crippen molar-refractivity contribution in [1.82, 2.24) is 10.3 Å². The van der Waals surface area contributed by atoms with Crippen LogP contribution < -0.4 is 10.2 Å². The van der Waals surface area contributed by atoms with E-state index in [-0.39, 0.29) is 10.6 Å². The number of aromatic nitrogens is 1. The summed E-state index contributed by atoms with van der Waals surface area (Å²) in [4.78, 5) is 22.4. The number of hydrogen-bond donors (Lipinski definition) is 5. The second-order valence-corrected chi connectivity index (χ2v) is 5.25. The van der Waals surface area contributed by atoms with Crippen LogP contribution in [0.1, 0.15) is 11.7 Å². The maximum atomic E-state index is 11.2. The molecule has 0 amide bonds. The highest BCUT2D eigenvalue weighted by Gasteiger charge is 2.38. The van der Waals surface area contributed by atoms with Gasteiger partial charge in [0.25, 0.3) is 0 Å². The Balaban J connectivity index is 0.000000322. The minimum absolute atomic E-state index is 0.0220. The molecule has 5 N–H and O–H groups in total. The number of alkyl halides is 3. The van der Waals surface area contributed by atoms with Crippen molar-refractivity contribution < 1.29 is 33.3 Å². The first-order chi connectivity index (χ1) is 10.6. The molecule has 0 aliphatic heterocycles. The standard InChI is InChI=1S/C10H12N2O3S.C2HF3O2/c1-11-4-7(14)5-2-3-6(13)8-9(5)16-10(15)12-8;3-2(4,5)1(6)7/h2-3,7,11,13-14H,4H2,1H3,(H,12,15);(H,6,7). The van der Waals surface area contributed by atoms with Crippen molar-refractivity contribution in [3.8, 4) is 5.75 Å². The average Bonchev–Trinajstić information content (AvgIpc) is 2.81. The summed E-state index contributed by atoms with van der Waals surface area (Å²) in [7, 11) is 1.74. The molecule has 2 rings (SSSR count). The molecule has 0 spiro atoms. The SMILES string of the molecule is CNCC(O)c1ccc(O)c2[nH]c(=O)sc12.O=C(O)C(F)(F)F. The summed E-state index contributed by atoms with van der Waals surface area (Å²) in [6.07, 6.45) is -5.78. The van der Waals surface area contributed by atoms with Gasteiger partial charge in [-0.3, -0.25) is 4.79 Å². The molecule has 0 bridgehead atoms. The zero-order chi connectivity index (χ0) is 17.8. The molecule has 1 atom stereocenters. The fourth-order valence-corrected chi connectivity index (χ4v) is 2.52. The summed E-state index contributed by atoms with van der Waals surface area (Å²) < 4.78 is 32.3. The highest BCUT2D eigenvalue weighted by atomic mass is 32.1.